The number of amides is 1. The second-order valence-electron chi connectivity index (χ2n) is 7.01. The number of nitrogen functional groups attached to an aromatic ring is 1. The molecule has 8 heteroatoms. The molecule has 0 radical (unpaired) electrons. The Bertz CT molecular complexity index is 1210. The Labute approximate surface area is 183 Å². The molecule has 3 N–H and O–H groups in total. The maximum atomic E-state index is 13.2. The van der Waals surface area contributed by atoms with Gasteiger partial charge < -0.3 is 11.1 Å². The van der Waals surface area contributed by atoms with E-state index in [0.29, 0.717) is 22.9 Å². The van der Waals surface area contributed by atoms with Crippen molar-refractivity contribution >= 4 is 28.9 Å². The minimum atomic E-state index is -0.416. The summed E-state index contributed by atoms with van der Waals surface area (Å²) in [6.07, 6.45) is 2.32. The number of rotatable bonds is 6. The van der Waals surface area contributed by atoms with Gasteiger partial charge in [-0.2, -0.15) is 0 Å². The highest BCUT2D eigenvalue weighted by Gasteiger charge is 2.13. The molecule has 0 aliphatic rings. The van der Waals surface area contributed by atoms with E-state index in [9.17, 15) is 9.18 Å². The molecule has 1 heterocycles. The van der Waals surface area contributed by atoms with Gasteiger partial charge in [0.1, 0.15) is 5.82 Å². The van der Waals surface area contributed by atoms with Crippen molar-refractivity contribution in [1.82, 2.24) is 15.0 Å². The number of carbonyl (C=O) groups excluding carboxylic acids is 1. The zero-order valence-corrected chi connectivity index (χ0v) is 17.2. The lowest BCUT2D eigenvalue weighted by Gasteiger charge is -2.10. The van der Waals surface area contributed by atoms with Crippen LogP contribution in [0.5, 0.6) is 0 Å². The zero-order chi connectivity index (χ0) is 21.8. The number of aryl methyl sites for hydroxylation is 2. The lowest BCUT2D eigenvalue weighted by Crippen LogP contribution is -2.14. The monoisotopic (exact) mass is 435 g/mol. The first-order valence-corrected chi connectivity index (χ1v) is 9.97. The Balaban J connectivity index is 1.44. The fraction of sp³-hybridized carbons (Fsp3) is 0.0870. The van der Waals surface area contributed by atoms with Gasteiger partial charge in [0.2, 0.25) is 0 Å². The highest BCUT2D eigenvalue weighted by molar-refractivity contribution is 6.30. The van der Waals surface area contributed by atoms with Crippen LogP contribution in [0.1, 0.15) is 16.1 Å². The van der Waals surface area contributed by atoms with Gasteiger partial charge in [-0.3, -0.25) is 9.48 Å². The molecule has 4 rings (SSSR count). The molecular weight excluding hydrogens is 417 g/mol. The molecule has 1 aromatic heterocycles. The fourth-order valence-electron chi connectivity index (χ4n) is 3.08. The van der Waals surface area contributed by atoms with Gasteiger partial charge in [-0.25, -0.2) is 4.39 Å². The van der Waals surface area contributed by atoms with Gasteiger partial charge in [-0.15, -0.1) is 5.10 Å². The average molecular weight is 436 g/mol. The van der Waals surface area contributed by atoms with Gasteiger partial charge in [0, 0.05) is 11.6 Å². The van der Waals surface area contributed by atoms with Gasteiger partial charge in [0.15, 0.2) is 5.69 Å². The van der Waals surface area contributed by atoms with Crippen molar-refractivity contribution in [3.8, 4) is 11.1 Å². The Morgan fingerprint density at radius 1 is 1.03 bits per heavy atom. The van der Waals surface area contributed by atoms with E-state index in [2.05, 4.69) is 15.6 Å². The molecule has 0 aliphatic heterocycles. The third-order valence-corrected chi connectivity index (χ3v) is 5.05. The summed E-state index contributed by atoms with van der Waals surface area (Å²) in [7, 11) is 0. The van der Waals surface area contributed by atoms with E-state index in [1.807, 2.05) is 30.3 Å². The molecule has 0 aliphatic carbocycles. The van der Waals surface area contributed by atoms with Crippen LogP contribution >= 0.6 is 11.6 Å². The minimum absolute atomic E-state index is 0.183. The summed E-state index contributed by atoms with van der Waals surface area (Å²) >= 11 is 5.90. The topological polar surface area (TPSA) is 85.8 Å². The number of hydrogen-bond donors (Lipinski definition) is 2. The number of anilines is 2. The Hall–Kier alpha value is -3.71. The molecule has 0 bridgehead atoms. The predicted octanol–water partition coefficient (Wildman–Crippen LogP) is 4.81. The fourth-order valence-corrected chi connectivity index (χ4v) is 3.21. The summed E-state index contributed by atoms with van der Waals surface area (Å²) in [6, 6.07) is 18.9. The van der Waals surface area contributed by atoms with Gasteiger partial charge in [0.05, 0.1) is 17.6 Å². The molecule has 31 heavy (non-hydrogen) atoms. The van der Waals surface area contributed by atoms with Crippen LogP contribution in [0.15, 0.2) is 72.9 Å². The molecule has 0 atom stereocenters. The second kappa shape index (κ2) is 8.97. The van der Waals surface area contributed by atoms with Crippen LogP contribution in [0.4, 0.5) is 15.8 Å². The van der Waals surface area contributed by atoms with Gasteiger partial charge in [-0.1, -0.05) is 47.1 Å². The molecule has 156 valence electrons. The van der Waals surface area contributed by atoms with Crippen molar-refractivity contribution in [2.75, 3.05) is 11.1 Å². The van der Waals surface area contributed by atoms with Crippen LogP contribution in [0.2, 0.25) is 5.02 Å². The number of nitrogens with zero attached hydrogens (tertiary/aromatic N) is 3. The lowest BCUT2D eigenvalue weighted by atomic mass is 10.0. The molecule has 0 spiro atoms. The number of hydrogen-bond acceptors (Lipinski definition) is 4. The van der Waals surface area contributed by atoms with Crippen molar-refractivity contribution in [2.45, 2.75) is 13.0 Å². The average Bonchev–Trinajstić information content (AvgIpc) is 3.25. The molecule has 0 saturated heterocycles. The van der Waals surface area contributed by atoms with Crippen molar-refractivity contribution < 1.29 is 9.18 Å². The van der Waals surface area contributed by atoms with Crippen LogP contribution in [0.25, 0.3) is 11.1 Å². The van der Waals surface area contributed by atoms with E-state index < -0.39 is 5.91 Å². The molecule has 0 saturated carbocycles. The summed E-state index contributed by atoms with van der Waals surface area (Å²) in [5, 5.41) is 11.4. The maximum Gasteiger partial charge on any atom is 0.277 e. The van der Waals surface area contributed by atoms with Gasteiger partial charge >= 0.3 is 0 Å². The second-order valence-corrected chi connectivity index (χ2v) is 7.44. The largest absolute Gasteiger partial charge is 0.397 e. The number of nitrogens with one attached hydrogen (secondary N) is 1. The number of benzene rings is 3. The van der Waals surface area contributed by atoms with E-state index in [0.717, 1.165) is 23.1 Å². The minimum Gasteiger partial charge on any atom is -0.397 e. The van der Waals surface area contributed by atoms with E-state index in [-0.39, 0.29) is 11.5 Å². The predicted molar refractivity (Wildman–Crippen MR) is 119 cm³/mol. The standard InChI is InChI=1S/C23H19ClFN5O/c24-18-6-1-15(2-7-18)11-12-30-14-22(28-29-30)23(31)27-21-13-17(5-10-20(21)26)16-3-8-19(25)9-4-16/h1-10,13-14H,11-12,26H2,(H,27,31). The third-order valence-electron chi connectivity index (χ3n) is 4.79. The summed E-state index contributed by atoms with van der Waals surface area (Å²) in [6.45, 7) is 0.574. The highest BCUT2D eigenvalue weighted by atomic mass is 35.5. The molecule has 1 amide bonds. The number of halogens is 2. The van der Waals surface area contributed by atoms with E-state index in [4.69, 9.17) is 17.3 Å². The molecule has 0 unspecified atom stereocenters. The molecule has 0 fully saturated rings. The Kier molecular flexibility index (Phi) is 5.95. The van der Waals surface area contributed by atoms with Gasteiger partial charge in [0.25, 0.3) is 5.91 Å². The van der Waals surface area contributed by atoms with Crippen molar-refractivity contribution in [1.29, 1.82) is 0 Å². The SMILES string of the molecule is Nc1ccc(-c2ccc(F)cc2)cc1NC(=O)c1cn(CCc2ccc(Cl)cc2)nn1. The quantitative estimate of drug-likeness (QED) is 0.425. The first-order valence-electron chi connectivity index (χ1n) is 9.59. The summed E-state index contributed by atoms with van der Waals surface area (Å²) in [4.78, 5) is 12.6. The number of nitrogens with two attached hydrogens (primary N) is 1. The van der Waals surface area contributed by atoms with Gasteiger partial charge in [-0.05, 0) is 59.5 Å². The van der Waals surface area contributed by atoms with Crippen LogP contribution in [0, 0.1) is 5.82 Å². The smallest absolute Gasteiger partial charge is 0.277 e. The highest BCUT2D eigenvalue weighted by Crippen LogP contribution is 2.27. The third kappa shape index (κ3) is 5.07. The van der Waals surface area contributed by atoms with Crippen LogP contribution in [-0.4, -0.2) is 20.9 Å². The first kappa shape index (κ1) is 20.6. The Morgan fingerprint density at radius 2 is 1.74 bits per heavy atom. The maximum absolute atomic E-state index is 13.2. The van der Waals surface area contributed by atoms with E-state index in [1.54, 1.807) is 35.1 Å². The van der Waals surface area contributed by atoms with Crippen molar-refractivity contribution in [3.05, 3.63) is 95.0 Å². The van der Waals surface area contributed by atoms with Crippen LogP contribution in [0.3, 0.4) is 0 Å². The van der Waals surface area contributed by atoms with Crippen molar-refractivity contribution in [2.24, 2.45) is 0 Å². The first-order chi connectivity index (χ1) is 15.0. The Morgan fingerprint density at radius 3 is 2.48 bits per heavy atom. The summed E-state index contributed by atoms with van der Waals surface area (Å²) < 4.78 is 14.8. The van der Waals surface area contributed by atoms with Crippen LogP contribution in [-0.2, 0) is 13.0 Å². The molecular formula is C23H19ClFN5O. The number of carbonyl (C=O) groups is 1. The molecule has 3 aromatic carbocycles. The molecule has 6 nitrogen and oxygen atoms in total. The molecule has 4 aromatic rings. The lowest BCUT2D eigenvalue weighted by molar-refractivity contribution is 0.102. The normalized spacial score (nSPS) is 10.8. The van der Waals surface area contributed by atoms with Crippen molar-refractivity contribution in [3.63, 3.8) is 0 Å². The van der Waals surface area contributed by atoms with Crippen LogP contribution < -0.4 is 11.1 Å². The summed E-state index contributed by atoms with van der Waals surface area (Å²) in [5.74, 6) is -0.729. The number of aromatic nitrogens is 3. The van der Waals surface area contributed by atoms with E-state index >= 15 is 0 Å². The van der Waals surface area contributed by atoms with E-state index in [1.165, 1.54) is 12.1 Å². The zero-order valence-electron chi connectivity index (χ0n) is 16.4. The summed E-state index contributed by atoms with van der Waals surface area (Å²) in [5.41, 5.74) is 9.78.